The average molecular weight is 616 g/mol. The molecule has 2 N–H and O–H groups in total. The molecule has 200 valence electrons. The number of nitrogens with one attached hydrogen (secondary N) is 2. The van der Waals surface area contributed by atoms with E-state index in [4.69, 9.17) is 16.6 Å². The number of Topliss-reactive ketones (excluding diaryl/α,β-unsaturated/α-hetero) is 1. The zero-order valence-electron chi connectivity index (χ0n) is 21.4. The Kier molecular flexibility index (Phi) is 8.09. The van der Waals surface area contributed by atoms with Gasteiger partial charge in [0.15, 0.2) is 5.78 Å². The number of amides is 3. The molecule has 1 aliphatic heterocycles. The fraction of sp³-hybridized carbons (Fsp3) is 0.0968. The van der Waals surface area contributed by atoms with Crippen molar-refractivity contribution < 1.29 is 14.4 Å². The molecule has 0 aliphatic carbocycles. The van der Waals surface area contributed by atoms with E-state index in [-0.39, 0.29) is 12.3 Å². The van der Waals surface area contributed by atoms with Gasteiger partial charge in [0.2, 0.25) is 6.17 Å². The third-order valence-electron chi connectivity index (χ3n) is 6.45. The van der Waals surface area contributed by atoms with Crippen LogP contribution in [0.1, 0.15) is 27.0 Å². The highest BCUT2D eigenvalue weighted by atomic mass is 79.9. The summed E-state index contributed by atoms with van der Waals surface area (Å²) in [4.78, 5) is 46.7. The van der Waals surface area contributed by atoms with Gasteiger partial charge < -0.3 is 15.5 Å². The van der Waals surface area contributed by atoms with Gasteiger partial charge in [-0.25, -0.2) is 9.79 Å². The number of para-hydroxylation sites is 1. The molecule has 9 heteroatoms. The Balaban J connectivity index is 1.54. The normalized spacial score (nSPS) is 14.6. The number of urea groups is 1. The van der Waals surface area contributed by atoms with E-state index >= 15 is 0 Å². The van der Waals surface area contributed by atoms with E-state index < -0.39 is 18.1 Å². The Labute approximate surface area is 245 Å². The van der Waals surface area contributed by atoms with Gasteiger partial charge in [0.05, 0.1) is 28.7 Å². The minimum Gasteiger partial charge on any atom is -0.308 e. The van der Waals surface area contributed by atoms with Crippen LogP contribution in [0, 0.1) is 6.92 Å². The standard InChI is InChI=1S/C31H24BrClN4O3/c1-19-9-5-6-12-22(19)27(38)18-37-26-14-8-7-13-23(26)28(20-10-3-2-4-11-20)35-29(30(37)39)36-31(40)34-25-16-15-21(32)17-24(25)33/h2-17,29H,18H2,1H3,(H2,34,36,40)/t29-/m0/s1. The lowest BCUT2D eigenvalue weighted by atomic mass is 9.99. The molecular weight excluding hydrogens is 592 g/mol. The maximum Gasteiger partial charge on any atom is 0.321 e. The highest BCUT2D eigenvalue weighted by molar-refractivity contribution is 9.10. The van der Waals surface area contributed by atoms with Gasteiger partial charge in [-0.1, -0.05) is 100 Å². The van der Waals surface area contributed by atoms with Crippen LogP contribution < -0.4 is 15.5 Å². The number of carbonyl (C=O) groups is 3. The summed E-state index contributed by atoms with van der Waals surface area (Å²) >= 11 is 9.61. The third-order valence-corrected chi connectivity index (χ3v) is 7.26. The predicted octanol–water partition coefficient (Wildman–Crippen LogP) is 6.63. The number of benzodiazepines with no additional fused rings is 1. The summed E-state index contributed by atoms with van der Waals surface area (Å²) in [6, 6.07) is 28.3. The average Bonchev–Trinajstić information content (AvgIpc) is 3.06. The molecule has 0 unspecified atom stereocenters. The van der Waals surface area contributed by atoms with Crippen LogP contribution in [0.5, 0.6) is 0 Å². The largest absolute Gasteiger partial charge is 0.321 e. The monoisotopic (exact) mass is 614 g/mol. The molecule has 0 bridgehead atoms. The molecule has 0 radical (unpaired) electrons. The number of fused-ring (bicyclic) bond motifs is 1. The summed E-state index contributed by atoms with van der Waals surface area (Å²) in [5.74, 6) is -0.772. The van der Waals surface area contributed by atoms with E-state index in [0.717, 1.165) is 15.6 Å². The second-order valence-corrected chi connectivity index (χ2v) is 10.5. The van der Waals surface area contributed by atoms with Crippen molar-refractivity contribution in [1.29, 1.82) is 0 Å². The van der Waals surface area contributed by atoms with Crippen LogP contribution in [-0.4, -0.2) is 36.1 Å². The van der Waals surface area contributed by atoms with Crippen LogP contribution in [0.25, 0.3) is 0 Å². The van der Waals surface area contributed by atoms with E-state index in [2.05, 4.69) is 26.6 Å². The molecular formula is C31H24BrClN4O3. The Hall–Kier alpha value is -4.27. The highest BCUT2D eigenvalue weighted by Gasteiger charge is 2.34. The van der Waals surface area contributed by atoms with E-state index in [0.29, 0.717) is 33.2 Å². The lowest BCUT2D eigenvalue weighted by Gasteiger charge is -2.25. The van der Waals surface area contributed by atoms with Crippen molar-refractivity contribution in [3.8, 4) is 0 Å². The van der Waals surface area contributed by atoms with Crippen LogP contribution in [0.15, 0.2) is 107 Å². The summed E-state index contributed by atoms with van der Waals surface area (Å²) in [6.45, 7) is 1.63. The number of hydrogen-bond donors (Lipinski definition) is 2. The molecule has 0 spiro atoms. The van der Waals surface area contributed by atoms with Crippen molar-refractivity contribution in [2.24, 2.45) is 4.99 Å². The van der Waals surface area contributed by atoms with Crippen LogP contribution in [0.2, 0.25) is 5.02 Å². The molecule has 40 heavy (non-hydrogen) atoms. The molecule has 5 rings (SSSR count). The summed E-state index contributed by atoms with van der Waals surface area (Å²) in [6.07, 6.45) is -1.32. The van der Waals surface area contributed by atoms with Crippen molar-refractivity contribution in [3.05, 3.63) is 129 Å². The molecule has 0 aromatic heterocycles. The maximum absolute atomic E-state index is 14.0. The van der Waals surface area contributed by atoms with Crippen molar-refractivity contribution in [1.82, 2.24) is 5.32 Å². The van der Waals surface area contributed by atoms with Gasteiger partial charge in [-0.05, 0) is 36.8 Å². The molecule has 1 atom stereocenters. The first-order valence-corrected chi connectivity index (χ1v) is 13.6. The van der Waals surface area contributed by atoms with Crippen molar-refractivity contribution in [2.75, 3.05) is 16.8 Å². The Morgan fingerprint density at radius 2 is 1.65 bits per heavy atom. The van der Waals surface area contributed by atoms with E-state index in [1.807, 2.05) is 61.5 Å². The van der Waals surface area contributed by atoms with Crippen LogP contribution in [0.4, 0.5) is 16.2 Å². The quantitative estimate of drug-likeness (QED) is 0.239. The number of halogens is 2. The number of nitrogens with zero attached hydrogens (tertiary/aromatic N) is 2. The molecule has 3 amide bonds. The Morgan fingerprint density at radius 1 is 0.950 bits per heavy atom. The molecule has 0 saturated heterocycles. The molecule has 1 aliphatic rings. The van der Waals surface area contributed by atoms with Gasteiger partial charge >= 0.3 is 6.03 Å². The van der Waals surface area contributed by atoms with Crippen LogP contribution in [0.3, 0.4) is 0 Å². The van der Waals surface area contributed by atoms with Gasteiger partial charge in [0, 0.05) is 21.2 Å². The smallest absolute Gasteiger partial charge is 0.308 e. The maximum atomic E-state index is 14.0. The van der Waals surface area contributed by atoms with Gasteiger partial charge in [-0.3, -0.25) is 9.59 Å². The van der Waals surface area contributed by atoms with Crippen molar-refractivity contribution in [2.45, 2.75) is 13.1 Å². The highest BCUT2D eigenvalue weighted by Crippen LogP contribution is 2.29. The molecule has 4 aromatic rings. The van der Waals surface area contributed by atoms with Crippen LogP contribution in [-0.2, 0) is 4.79 Å². The van der Waals surface area contributed by atoms with Gasteiger partial charge in [-0.2, -0.15) is 0 Å². The first kappa shape index (κ1) is 27.3. The molecule has 0 fully saturated rings. The van der Waals surface area contributed by atoms with Crippen molar-refractivity contribution in [3.63, 3.8) is 0 Å². The number of rotatable bonds is 6. The fourth-order valence-electron chi connectivity index (χ4n) is 4.50. The minimum atomic E-state index is -1.32. The zero-order valence-corrected chi connectivity index (χ0v) is 23.7. The second kappa shape index (κ2) is 11.9. The number of aliphatic imine (C=N–C) groups is 1. The number of anilines is 2. The number of aryl methyl sites for hydroxylation is 1. The summed E-state index contributed by atoms with van der Waals surface area (Å²) < 4.78 is 0.756. The Bertz CT molecular complexity index is 1640. The van der Waals surface area contributed by atoms with E-state index in [1.54, 1.807) is 42.5 Å². The number of ketones is 1. The lowest BCUT2D eigenvalue weighted by molar-refractivity contribution is -0.120. The molecule has 1 heterocycles. The summed E-state index contributed by atoms with van der Waals surface area (Å²) in [5, 5.41) is 5.68. The SMILES string of the molecule is Cc1ccccc1C(=O)CN1C(=O)[C@H](NC(=O)Nc2ccc(Br)cc2Cl)N=C(c2ccccc2)c2ccccc21. The van der Waals surface area contributed by atoms with E-state index in [9.17, 15) is 14.4 Å². The second-order valence-electron chi connectivity index (χ2n) is 9.15. The number of hydrogen-bond acceptors (Lipinski definition) is 4. The fourth-order valence-corrected chi connectivity index (χ4v) is 5.22. The van der Waals surface area contributed by atoms with Gasteiger partial charge in [0.25, 0.3) is 5.91 Å². The van der Waals surface area contributed by atoms with Crippen LogP contribution >= 0.6 is 27.5 Å². The molecule has 4 aromatic carbocycles. The summed E-state index contributed by atoms with van der Waals surface area (Å²) in [7, 11) is 0. The van der Waals surface area contributed by atoms with Gasteiger partial charge in [-0.15, -0.1) is 0 Å². The number of carbonyl (C=O) groups excluding carboxylic acids is 3. The predicted molar refractivity (Wildman–Crippen MR) is 161 cm³/mol. The van der Waals surface area contributed by atoms with Crippen molar-refractivity contribution >= 4 is 62.3 Å². The molecule has 0 saturated carbocycles. The molecule has 7 nitrogen and oxygen atoms in total. The first-order chi connectivity index (χ1) is 19.3. The zero-order chi connectivity index (χ0) is 28.2. The first-order valence-electron chi connectivity index (χ1n) is 12.5. The topological polar surface area (TPSA) is 90.9 Å². The summed E-state index contributed by atoms with van der Waals surface area (Å²) in [5.41, 5.74) is 4.17. The third kappa shape index (κ3) is 5.83. The van der Waals surface area contributed by atoms with Gasteiger partial charge in [0.1, 0.15) is 0 Å². The van der Waals surface area contributed by atoms with E-state index in [1.165, 1.54) is 4.90 Å². The minimum absolute atomic E-state index is 0.226. The Morgan fingerprint density at radius 3 is 2.40 bits per heavy atom. The lowest BCUT2D eigenvalue weighted by Crippen LogP contribution is -2.50. The number of benzene rings is 4.